The van der Waals surface area contributed by atoms with Crippen LogP contribution in [0.3, 0.4) is 0 Å². The second kappa shape index (κ2) is 5.13. The molecular weight excluding hydrogens is 256 g/mol. The predicted octanol–water partition coefficient (Wildman–Crippen LogP) is 1.92. The number of hydrogen-bond donors (Lipinski definition) is 2. The summed E-state index contributed by atoms with van der Waals surface area (Å²) >= 11 is 0. The maximum atomic E-state index is 9.41. The molecule has 0 saturated heterocycles. The lowest BCUT2D eigenvalue weighted by molar-refractivity contribution is 0.177. The zero-order chi connectivity index (χ0) is 14.1. The van der Waals surface area contributed by atoms with Gasteiger partial charge in [-0.15, -0.1) is 0 Å². The summed E-state index contributed by atoms with van der Waals surface area (Å²) in [6.45, 7) is 2.53. The van der Waals surface area contributed by atoms with Gasteiger partial charge in [-0.25, -0.2) is 4.68 Å². The quantitative estimate of drug-likeness (QED) is 0.894. The number of rotatable bonds is 3. The van der Waals surface area contributed by atoms with Gasteiger partial charge in [-0.1, -0.05) is 12.1 Å². The topological polar surface area (TPSA) is 72.2 Å². The molecule has 2 aromatic rings. The molecule has 106 valence electrons. The van der Waals surface area contributed by atoms with Gasteiger partial charge in [0.15, 0.2) is 5.82 Å². The van der Waals surface area contributed by atoms with E-state index >= 15 is 0 Å². The Hall–Kier alpha value is -2.08. The number of hydrogen-bond acceptors (Lipinski definition) is 5. The van der Waals surface area contributed by atoms with Crippen LogP contribution in [0.4, 0.5) is 5.95 Å². The van der Waals surface area contributed by atoms with Gasteiger partial charge in [-0.2, -0.15) is 10.1 Å². The van der Waals surface area contributed by atoms with E-state index in [0.717, 1.165) is 17.9 Å². The van der Waals surface area contributed by atoms with Crippen LogP contribution in [0.1, 0.15) is 30.8 Å². The van der Waals surface area contributed by atoms with Gasteiger partial charge in [0.1, 0.15) is 12.4 Å². The number of ether oxygens (including phenoxy) is 1. The number of phenols is 1. The number of nitrogens with zero attached hydrogens (tertiary/aromatic N) is 3. The van der Waals surface area contributed by atoms with Crippen molar-refractivity contribution >= 4 is 5.95 Å². The summed E-state index contributed by atoms with van der Waals surface area (Å²) in [4.78, 5) is 4.45. The summed E-state index contributed by atoms with van der Waals surface area (Å²) in [5.41, 5.74) is 1.12. The van der Waals surface area contributed by atoms with Crippen LogP contribution in [0.25, 0.3) is 0 Å². The van der Waals surface area contributed by atoms with Gasteiger partial charge in [0.2, 0.25) is 5.95 Å². The average molecular weight is 274 g/mol. The van der Waals surface area contributed by atoms with Crippen molar-refractivity contribution in [3.63, 3.8) is 0 Å². The lowest BCUT2D eigenvalue weighted by Gasteiger charge is -2.29. The molecule has 6 heteroatoms. The van der Waals surface area contributed by atoms with Gasteiger partial charge in [-0.05, 0) is 31.0 Å². The van der Waals surface area contributed by atoms with E-state index in [2.05, 4.69) is 22.3 Å². The van der Waals surface area contributed by atoms with Crippen molar-refractivity contribution in [3.05, 3.63) is 35.7 Å². The summed E-state index contributed by atoms with van der Waals surface area (Å²) in [7, 11) is 1.63. The molecule has 1 aromatic heterocycles. The largest absolute Gasteiger partial charge is 0.508 e. The first-order valence-corrected chi connectivity index (χ1v) is 6.67. The molecule has 20 heavy (non-hydrogen) atoms. The third-order valence-electron chi connectivity index (χ3n) is 3.47. The Bertz CT molecular complexity index is 594. The molecule has 2 heterocycles. The molecule has 2 unspecified atom stereocenters. The molecular formula is C14H18N4O2. The number of phenolic OH excluding ortho intramolecular Hbond substituents is 1. The van der Waals surface area contributed by atoms with E-state index in [-0.39, 0.29) is 11.8 Å². The molecule has 0 saturated carbocycles. The monoisotopic (exact) mass is 274 g/mol. The van der Waals surface area contributed by atoms with Crippen LogP contribution >= 0.6 is 0 Å². The highest BCUT2D eigenvalue weighted by Crippen LogP contribution is 2.31. The molecule has 1 aromatic carbocycles. The Morgan fingerprint density at radius 1 is 1.40 bits per heavy atom. The van der Waals surface area contributed by atoms with Crippen molar-refractivity contribution in [1.82, 2.24) is 14.8 Å². The second-order valence-electron chi connectivity index (χ2n) is 5.12. The molecule has 2 atom stereocenters. The second-order valence-corrected chi connectivity index (χ2v) is 5.12. The molecule has 3 rings (SSSR count). The van der Waals surface area contributed by atoms with Gasteiger partial charge in [0, 0.05) is 13.2 Å². The third-order valence-corrected chi connectivity index (χ3v) is 3.47. The molecule has 0 fully saturated rings. The summed E-state index contributed by atoms with van der Waals surface area (Å²) in [6.07, 6.45) is 0.924. The van der Waals surface area contributed by atoms with E-state index in [1.807, 2.05) is 16.8 Å². The molecule has 0 aliphatic carbocycles. The Morgan fingerprint density at radius 2 is 2.15 bits per heavy atom. The minimum absolute atomic E-state index is 0.125. The molecule has 0 amide bonds. The van der Waals surface area contributed by atoms with E-state index in [9.17, 15) is 5.11 Å². The fourth-order valence-electron chi connectivity index (χ4n) is 2.56. The van der Waals surface area contributed by atoms with Crippen molar-refractivity contribution in [1.29, 1.82) is 0 Å². The lowest BCUT2D eigenvalue weighted by Crippen LogP contribution is -2.31. The van der Waals surface area contributed by atoms with E-state index in [0.29, 0.717) is 18.5 Å². The Balaban J connectivity index is 1.98. The zero-order valence-corrected chi connectivity index (χ0v) is 11.6. The normalized spacial score (nSPS) is 21.3. The molecule has 0 radical (unpaired) electrons. The highest BCUT2D eigenvalue weighted by Gasteiger charge is 2.28. The maximum Gasteiger partial charge on any atom is 0.222 e. The minimum atomic E-state index is 0.125. The number of fused-ring (bicyclic) bond motifs is 1. The van der Waals surface area contributed by atoms with E-state index < -0.39 is 0 Å². The van der Waals surface area contributed by atoms with Crippen molar-refractivity contribution in [2.75, 3.05) is 12.4 Å². The predicted molar refractivity (Wildman–Crippen MR) is 74.7 cm³/mol. The van der Waals surface area contributed by atoms with Crippen LogP contribution in [-0.2, 0) is 11.3 Å². The van der Waals surface area contributed by atoms with Crippen molar-refractivity contribution in [3.8, 4) is 5.75 Å². The van der Waals surface area contributed by atoms with Crippen LogP contribution in [-0.4, -0.2) is 33.0 Å². The number of anilines is 1. The number of aromatic hydroxyl groups is 1. The number of nitrogens with one attached hydrogen (secondary N) is 1. The van der Waals surface area contributed by atoms with Gasteiger partial charge in [0.05, 0.1) is 6.04 Å². The Morgan fingerprint density at radius 3 is 2.85 bits per heavy atom. The first-order chi connectivity index (χ1) is 9.67. The SMILES string of the molecule is COCc1nc2n(n1)C(c1ccc(O)cc1)CC(C)N2. The standard InChI is InChI=1S/C14H18N4O2/c1-9-7-12(10-3-5-11(19)6-4-10)18-14(15-9)16-13(17-18)8-20-2/h3-6,9,12,19H,7-8H2,1-2H3,(H,15,16,17). The molecule has 0 bridgehead atoms. The number of benzene rings is 1. The zero-order valence-electron chi connectivity index (χ0n) is 11.6. The minimum Gasteiger partial charge on any atom is -0.508 e. The highest BCUT2D eigenvalue weighted by atomic mass is 16.5. The van der Waals surface area contributed by atoms with E-state index in [1.165, 1.54) is 0 Å². The molecule has 1 aliphatic heterocycles. The first-order valence-electron chi connectivity index (χ1n) is 6.67. The van der Waals surface area contributed by atoms with Gasteiger partial charge in [-0.3, -0.25) is 0 Å². The summed E-state index contributed by atoms with van der Waals surface area (Å²) in [5, 5.41) is 17.3. The fraction of sp³-hybridized carbons (Fsp3) is 0.429. The number of aromatic nitrogens is 3. The summed E-state index contributed by atoms with van der Waals surface area (Å²) < 4.78 is 6.99. The number of methoxy groups -OCH3 is 1. The molecule has 2 N–H and O–H groups in total. The highest BCUT2D eigenvalue weighted by molar-refractivity contribution is 5.36. The Kier molecular flexibility index (Phi) is 3.31. The smallest absolute Gasteiger partial charge is 0.222 e. The van der Waals surface area contributed by atoms with Gasteiger partial charge >= 0.3 is 0 Å². The van der Waals surface area contributed by atoms with Gasteiger partial charge < -0.3 is 15.2 Å². The molecule has 1 aliphatic rings. The molecule has 0 spiro atoms. The van der Waals surface area contributed by atoms with Crippen LogP contribution in [0.2, 0.25) is 0 Å². The maximum absolute atomic E-state index is 9.41. The van der Waals surface area contributed by atoms with Crippen molar-refractivity contribution in [2.24, 2.45) is 0 Å². The lowest BCUT2D eigenvalue weighted by atomic mass is 9.98. The summed E-state index contributed by atoms with van der Waals surface area (Å²) in [5.74, 6) is 1.72. The Labute approximate surface area is 117 Å². The van der Waals surface area contributed by atoms with Crippen molar-refractivity contribution in [2.45, 2.75) is 32.0 Å². The van der Waals surface area contributed by atoms with Crippen LogP contribution in [0.15, 0.2) is 24.3 Å². The van der Waals surface area contributed by atoms with Crippen molar-refractivity contribution < 1.29 is 9.84 Å². The average Bonchev–Trinajstić information content (AvgIpc) is 2.81. The van der Waals surface area contributed by atoms with Gasteiger partial charge in [0.25, 0.3) is 0 Å². The van der Waals surface area contributed by atoms with E-state index in [1.54, 1.807) is 19.2 Å². The van der Waals surface area contributed by atoms with Crippen LogP contribution in [0.5, 0.6) is 5.75 Å². The summed E-state index contributed by atoms with van der Waals surface area (Å²) in [6, 6.07) is 7.71. The first kappa shape index (κ1) is 12.9. The van der Waals surface area contributed by atoms with E-state index in [4.69, 9.17) is 4.74 Å². The fourth-order valence-corrected chi connectivity index (χ4v) is 2.56. The third kappa shape index (κ3) is 2.34. The molecule has 6 nitrogen and oxygen atoms in total. The van der Waals surface area contributed by atoms with Crippen LogP contribution < -0.4 is 5.32 Å². The van der Waals surface area contributed by atoms with Crippen LogP contribution in [0, 0.1) is 0 Å².